The van der Waals surface area contributed by atoms with Gasteiger partial charge in [-0.1, -0.05) is 6.92 Å². The Bertz CT molecular complexity index is 604. The number of likely N-dealkylation sites (tertiary alicyclic amines) is 1. The van der Waals surface area contributed by atoms with Gasteiger partial charge in [-0.2, -0.15) is 0 Å². The van der Waals surface area contributed by atoms with Crippen molar-refractivity contribution < 1.29 is 17.9 Å². The van der Waals surface area contributed by atoms with E-state index in [0.717, 1.165) is 25.9 Å². The smallest absolute Gasteiger partial charge is 0.244 e. The number of rotatable bonds is 7. The van der Waals surface area contributed by atoms with Crippen molar-refractivity contribution in [2.45, 2.75) is 30.7 Å². The Balaban J connectivity index is 2.16. The van der Waals surface area contributed by atoms with Crippen molar-refractivity contribution in [3.63, 3.8) is 0 Å². The maximum Gasteiger partial charge on any atom is 0.244 e. The lowest BCUT2D eigenvalue weighted by Gasteiger charge is -2.23. The number of methoxy groups -OCH3 is 2. The van der Waals surface area contributed by atoms with Crippen LogP contribution in [-0.2, 0) is 10.0 Å². The second kappa shape index (κ2) is 7.30. The van der Waals surface area contributed by atoms with Gasteiger partial charge in [0.15, 0.2) is 0 Å². The van der Waals surface area contributed by atoms with E-state index in [1.54, 1.807) is 12.1 Å². The van der Waals surface area contributed by atoms with Crippen LogP contribution < -0.4 is 14.2 Å². The van der Waals surface area contributed by atoms with Crippen LogP contribution in [0.2, 0.25) is 0 Å². The van der Waals surface area contributed by atoms with E-state index in [1.807, 2.05) is 0 Å². The van der Waals surface area contributed by atoms with Crippen molar-refractivity contribution in [2.75, 3.05) is 33.9 Å². The molecule has 7 heteroatoms. The van der Waals surface area contributed by atoms with Gasteiger partial charge in [0.1, 0.15) is 16.4 Å². The maximum absolute atomic E-state index is 12.6. The summed E-state index contributed by atoms with van der Waals surface area (Å²) in [5, 5.41) is 0. The van der Waals surface area contributed by atoms with Crippen LogP contribution in [0.4, 0.5) is 0 Å². The van der Waals surface area contributed by atoms with Crippen molar-refractivity contribution >= 4 is 10.0 Å². The van der Waals surface area contributed by atoms with Crippen molar-refractivity contribution in [3.05, 3.63) is 18.2 Å². The molecule has 1 atom stereocenters. The van der Waals surface area contributed by atoms with Gasteiger partial charge in [-0.05, 0) is 38.1 Å². The number of nitrogens with zero attached hydrogens (tertiary/aromatic N) is 1. The zero-order chi connectivity index (χ0) is 16.2. The summed E-state index contributed by atoms with van der Waals surface area (Å²) in [6, 6.07) is 5.01. The number of hydrogen-bond acceptors (Lipinski definition) is 5. The molecule has 1 fully saturated rings. The lowest BCUT2D eigenvalue weighted by Crippen LogP contribution is -2.40. The maximum atomic E-state index is 12.6. The molecule has 1 aliphatic heterocycles. The van der Waals surface area contributed by atoms with Crippen molar-refractivity contribution in [1.29, 1.82) is 0 Å². The number of sulfonamides is 1. The first-order valence-corrected chi connectivity index (χ1v) is 8.96. The van der Waals surface area contributed by atoms with Crippen LogP contribution in [0.25, 0.3) is 0 Å². The van der Waals surface area contributed by atoms with E-state index >= 15 is 0 Å². The molecule has 22 heavy (non-hydrogen) atoms. The Morgan fingerprint density at radius 1 is 1.32 bits per heavy atom. The number of ether oxygens (including phenoxy) is 2. The van der Waals surface area contributed by atoms with Gasteiger partial charge in [0.25, 0.3) is 0 Å². The molecule has 0 saturated carbocycles. The monoisotopic (exact) mass is 328 g/mol. The number of hydrogen-bond donors (Lipinski definition) is 1. The number of benzene rings is 1. The molecule has 0 radical (unpaired) electrons. The average molecular weight is 328 g/mol. The van der Waals surface area contributed by atoms with E-state index in [0.29, 0.717) is 18.0 Å². The molecule has 1 heterocycles. The summed E-state index contributed by atoms with van der Waals surface area (Å²) in [5.74, 6) is 0.796. The molecule has 1 unspecified atom stereocenters. The molecule has 1 aromatic rings. The summed E-state index contributed by atoms with van der Waals surface area (Å²) in [6.45, 7) is 4.48. The summed E-state index contributed by atoms with van der Waals surface area (Å²) >= 11 is 0. The summed E-state index contributed by atoms with van der Waals surface area (Å²) in [7, 11) is -0.678. The lowest BCUT2D eigenvalue weighted by molar-refractivity contribution is 0.268. The standard InChI is InChI=1S/C15H24N2O4S/c1-4-17-9-5-6-12(17)11-16-22(18,19)15-10-13(20-2)7-8-14(15)21-3/h7-8,10,12,16H,4-6,9,11H2,1-3H3. The first-order valence-electron chi connectivity index (χ1n) is 7.47. The fourth-order valence-electron chi connectivity index (χ4n) is 2.82. The van der Waals surface area contributed by atoms with Gasteiger partial charge < -0.3 is 9.47 Å². The molecule has 0 spiro atoms. The molecular formula is C15H24N2O4S. The van der Waals surface area contributed by atoms with E-state index in [-0.39, 0.29) is 10.9 Å². The van der Waals surface area contributed by atoms with E-state index < -0.39 is 10.0 Å². The molecule has 0 amide bonds. The van der Waals surface area contributed by atoms with E-state index in [2.05, 4.69) is 16.5 Å². The highest BCUT2D eigenvalue weighted by atomic mass is 32.2. The summed E-state index contributed by atoms with van der Waals surface area (Å²) in [6.07, 6.45) is 2.13. The fourth-order valence-corrected chi connectivity index (χ4v) is 4.08. The molecular weight excluding hydrogens is 304 g/mol. The Morgan fingerprint density at radius 2 is 2.09 bits per heavy atom. The molecule has 2 rings (SSSR count). The Labute approximate surface area is 132 Å². The van der Waals surface area contributed by atoms with Crippen LogP contribution in [-0.4, -0.2) is 53.2 Å². The van der Waals surface area contributed by atoms with Gasteiger partial charge in [-0.15, -0.1) is 0 Å². The van der Waals surface area contributed by atoms with Gasteiger partial charge in [0, 0.05) is 18.7 Å². The van der Waals surface area contributed by atoms with Crippen LogP contribution in [0, 0.1) is 0 Å². The van der Waals surface area contributed by atoms with Crippen molar-refractivity contribution in [3.8, 4) is 11.5 Å². The molecule has 1 N–H and O–H groups in total. The Morgan fingerprint density at radius 3 is 2.73 bits per heavy atom. The van der Waals surface area contributed by atoms with Crippen molar-refractivity contribution in [1.82, 2.24) is 9.62 Å². The zero-order valence-corrected chi connectivity index (χ0v) is 14.1. The van der Waals surface area contributed by atoms with E-state index in [4.69, 9.17) is 9.47 Å². The minimum atomic E-state index is -3.64. The van der Waals surface area contributed by atoms with Gasteiger partial charge in [0.05, 0.1) is 14.2 Å². The minimum absolute atomic E-state index is 0.107. The minimum Gasteiger partial charge on any atom is -0.497 e. The molecule has 0 aliphatic carbocycles. The normalized spacial score (nSPS) is 19.3. The molecule has 0 aromatic heterocycles. The quantitative estimate of drug-likeness (QED) is 0.821. The van der Waals surface area contributed by atoms with Gasteiger partial charge in [-0.25, -0.2) is 13.1 Å². The van der Waals surface area contributed by atoms with Crippen LogP contribution in [0.1, 0.15) is 19.8 Å². The summed E-state index contributed by atoms with van der Waals surface area (Å²) in [4.78, 5) is 2.40. The fraction of sp³-hybridized carbons (Fsp3) is 0.600. The van der Waals surface area contributed by atoms with E-state index in [1.165, 1.54) is 20.3 Å². The number of nitrogens with one attached hydrogen (secondary N) is 1. The van der Waals surface area contributed by atoms with Crippen LogP contribution in [0.5, 0.6) is 11.5 Å². The SMILES string of the molecule is CCN1CCCC1CNS(=O)(=O)c1cc(OC)ccc1OC. The molecule has 124 valence electrons. The third-order valence-electron chi connectivity index (χ3n) is 4.07. The third kappa shape index (κ3) is 3.71. The van der Waals surface area contributed by atoms with Crippen LogP contribution >= 0.6 is 0 Å². The topological polar surface area (TPSA) is 67.9 Å². The molecule has 0 bridgehead atoms. The predicted molar refractivity (Wildman–Crippen MR) is 85.0 cm³/mol. The zero-order valence-electron chi connectivity index (χ0n) is 13.3. The lowest BCUT2D eigenvalue weighted by atomic mass is 10.2. The average Bonchev–Trinajstić information content (AvgIpc) is 3.00. The van der Waals surface area contributed by atoms with Crippen LogP contribution in [0.3, 0.4) is 0 Å². The summed E-state index contributed by atoms with van der Waals surface area (Å²) < 4.78 is 38.1. The highest BCUT2D eigenvalue weighted by molar-refractivity contribution is 7.89. The van der Waals surface area contributed by atoms with Crippen LogP contribution in [0.15, 0.2) is 23.1 Å². The molecule has 6 nitrogen and oxygen atoms in total. The van der Waals surface area contributed by atoms with Gasteiger partial charge >= 0.3 is 0 Å². The Hall–Kier alpha value is -1.31. The largest absolute Gasteiger partial charge is 0.497 e. The van der Waals surface area contributed by atoms with Crippen molar-refractivity contribution in [2.24, 2.45) is 0 Å². The van der Waals surface area contributed by atoms with E-state index in [9.17, 15) is 8.42 Å². The molecule has 1 aromatic carbocycles. The first kappa shape index (κ1) is 17.1. The molecule has 1 aliphatic rings. The number of likely N-dealkylation sites (N-methyl/N-ethyl adjacent to an activating group) is 1. The first-order chi connectivity index (χ1) is 10.5. The Kier molecular flexibility index (Phi) is 5.66. The highest BCUT2D eigenvalue weighted by Crippen LogP contribution is 2.28. The molecule has 1 saturated heterocycles. The third-order valence-corrected chi connectivity index (χ3v) is 5.52. The highest BCUT2D eigenvalue weighted by Gasteiger charge is 2.26. The van der Waals surface area contributed by atoms with Gasteiger partial charge in [0.2, 0.25) is 10.0 Å². The second-order valence-corrected chi connectivity index (χ2v) is 7.03. The predicted octanol–water partition coefficient (Wildman–Crippen LogP) is 1.47. The second-order valence-electron chi connectivity index (χ2n) is 5.29. The summed E-state index contributed by atoms with van der Waals surface area (Å²) in [5.41, 5.74) is 0. The van der Waals surface area contributed by atoms with Gasteiger partial charge in [-0.3, -0.25) is 4.90 Å².